The van der Waals surface area contributed by atoms with Gasteiger partial charge in [0.1, 0.15) is 0 Å². The van der Waals surface area contributed by atoms with E-state index in [1.54, 1.807) is 18.3 Å². The standard InChI is InChI=1S/C15H12Cl2N2O/c16-13-7-6-12(10-14(13)17)15(20)19-18-9-8-11-4-2-1-3-5-11/h1-7,9-10H,8H2,(H,19,20). The Morgan fingerprint density at radius 2 is 1.85 bits per heavy atom. The van der Waals surface area contributed by atoms with Crippen molar-refractivity contribution in [1.82, 2.24) is 5.43 Å². The average Bonchev–Trinajstić information content (AvgIpc) is 2.47. The third-order valence-electron chi connectivity index (χ3n) is 2.61. The van der Waals surface area contributed by atoms with Gasteiger partial charge in [0.15, 0.2) is 0 Å². The smallest absolute Gasteiger partial charge is 0.267 e. The van der Waals surface area contributed by atoms with E-state index in [0.717, 1.165) is 5.56 Å². The lowest BCUT2D eigenvalue weighted by atomic mass is 10.2. The van der Waals surface area contributed by atoms with Crippen molar-refractivity contribution in [1.29, 1.82) is 0 Å². The summed E-state index contributed by atoms with van der Waals surface area (Å²) < 4.78 is 0. The molecule has 2 aromatic rings. The number of hydrazone groups is 1. The van der Waals surface area contributed by atoms with Crippen LogP contribution in [0.25, 0.3) is 0 Å². The molecule has 2 aromatic carbocycles. The SMILES string of the molecule is O=C(NN=CCc1ccccc1)c1ccc(Cl)c(Cl)c1. The minimum Gasteiger partial charge on any atom is -0.267 e. The Morgan fingerprint density at radius 3 is 2.55 bits per heavy atom. The lowest BCUT2D eigenvalue weighted by Crippen LogP contribution is -2.17. The van der Waals surface area contributed by atoms with Crippen LogP contribution in [0.4, 0.5) is 0 Å². The molecule has 0 heterocycles. The van der Waals surface area contributed by atoms with Crippen LogP contribution in [0.15, 0.2) is 53.6 Å². The fourth-order valence-corrected chi connectivity index (χ4v) is 1.87. The summed E-state index contributed by atoms with van der Waals surface area (Å²) in [5.74, 6) is -0.326. The van der Waals surface area contributed by atoms with Gasteiger partial charge >= 0.3 is 0 Å². The van der Waals surface area contributed by atoms with E-state index in [2.05, 4.69) is 10.5 Å². The molecule has 0 radical (unpaired) electrons. The molecule has 0 spiro atoms. The van der Waals surface area contributed by atoms with Gasteiger partial charge in [0.05, 0.1) is 10.0 Å². The van der Waals surface area contributed by atoms with Crippen LogP contribution in [0.1, 0.15) is 15.9 Å². The van der Waals surface area contributed by atoms with Gasteiger partial charge in [0.25, 0.3) is 5.91 Å². The van der Waals surface area contributed by atoms with Crippen molar-refractivity contribution in [3.05, 3.63) is 69.7 Å². The molecule has 2 rings (SSSR count). The molecule has 0 bridgehead atoms. The number of nitrogens with one attached hydrogen (secondary N) is 1. The van der Waals surface area contributed by atoms with E-state index in [9.17, 15) is 4.79 Å². The minimum atomic E-state index is -0.326. The maximum absolute atomic E-state index is 11.8. The average molecular weight is 307 g/mol. The first-order chi connectivity index (χ1) is 9.66. The van der Waals surface area contributed by atoms with E-state index < -0.39 is 0 Å². The molecule has 0 aliphatic rings. The van der Waals surface area contributed by atoms with Crippen LogP contribution < -0.4 is 5.43 Å². The molecule has 0 saturated heterocycles. The van der Waals surface area contributed by atoms with Crippen LogP contribution in [-0.4, -0.2) is 12.1 Å². The number of amides is 1. The molecule has 1 N–H and O–H groups in total. The maximum atomic E-state index is 11.8. The maximum Gasteiger partial charge on any atom is 0.271 e. The largest absolute Gasteiger partial charge is 0.271 e. The monoisotopic (exact) mass is 306 g/mol. The Morgan fingerprint density at radius 1 is 1.10 bits per heavy atom. The van der Waals surface area contributed by atoms with Gasteiger partial charge in [-0.25, -0.2) is 5.43 Å². The number of nitrogens with zero attached hydrogens (tertiary/aromatic N) is 1. The van der Waals surface area contributed by atoms with Crippen molar-refractivity contribution >= 4 is 35.3 Å². The van der Waals surface area contributed by atoms with Gasteiger partial charge in [-0.3, -0.25) is 4.79 Å². The molecule has 3 nitrogen and oxygen atoms in total. The number of hydrogen-bond donors (Lipinski definition) is 1. The second kappa shape index (κ2) is 7.08. The van der Waals surface area contributed by atoms with Gasteiger partial charge in [-0.2, -0.15) is 5.10 Å². The lowest BCUT2D eigenvalue weighted by Gasteiger charge is -2.01. The Balaban J connectivity index is 1.90. The third-order valence-corrected chi connectivity index (χ3v) is 3.35. The fourth-order valence-electron chi connectivity index (χ4n) is 1.57. The molecule has 102 valence electrons. The van der Waals surface area contributed by atoms with Crippen molar-refractivity contribution < 1.29 is 4.79 Å². The van der Waals surface area contributed by atoms with E-state index in [4.69, 9.17) is 23.2 Å². The Kier molecular flexibility index (Phi) is 5.16. The number of carbonyl (C=O) groups excluding carboxylic acids is 1. The topological polar surface area (TPSA) is 41.5 Å². The van der Waals surface area contributed by atoms with Gasteiger partial charge in [-0.1, -0.05) is 53.5 Å². The summed E-state index contributed by atoms with van der Waals surface area (Å²) in [6.45, 7) is 0. The first-order valence-corrected chi connectivity index (χ1v) is 6.73. The second-order valence-corrected chi connectivity index (χ2v) is 4.89. The quantitative estimate of drug-likeness (QED) is 0.674. The van der Waals surface area contributed by atoms with Crippen molar-refractivity contribution in [3.8, 4) is 0 Å². The highest BCUT2D eigenvalue weighted by atomic mass is 35.5. The van der Waals surface area contributed by atoms with Crippen molar-refractivity contribution in [2.75, 3.05) is 0 Å². The van der Waals surface area contributed by atoms with Crippen molar-refractivity contribution in [2.45, 2.75) is 6.42 Å². The van der Waals surface area contributed by atoms with Crippen molar-refractivity contribution in [3.63, 3.8) is 0 Å². The van der Waals surface area contributed by atoms with Crippen LogP contribution >= 0.6 is 23.2 Å². The highest BCUT2D eigenvalue weighted by Crippen LogP contribution is 2.22. The van der Waals surface area contributed by atoms with Gasteiger partial charge in [-0.05, 0) is 23.8 Å². The summed E-state index contributed by atoms with van der Waals surface area (Å²) in [5.41, 5.74) is 3.98. The first kappa shape index (κ1) is 14.6. The van der Waals surface area contributed by atoms with E-state index in [0.29, 0.717) is 22.0 Å². The number of halogens is 2. The molecule has 0 saturated carbocycles. The fraction of sp³-hybridized carbons (Fsp3) is 0.0667. The van der Waals surface area contributed by atoms with Gasteiger partial charge in [0, 0.05) is 18.2 Å². The predicted molar refractivity (Wildman–Crippen MR) is 82.6 cm³/mol. The van der Waals surface area contributed by atoms with Gasteiger partial charge in [0.2, 0.25) is 0 Å². The van der Waals surface area contributed by atoms with Crippen LogP contribution in [0.5, 0.6) is 0 Å². The zero-order valence-corrected chi connectivity index (χ0v) is 12.0. The van der Waals surface area contributed by atoms with Crippen LogP contribution in [0, 0.1) is 0 Å². The normalized spacial score (nSPS) is 10.7. The molecule has 5 heteroatoms. The third kappa shape index (κ3) is 4.08. The van der Waals surface area contributed by atoms with Gasteiger partial charge < -0.3 is 0 Å². The Bertz CT molecular complexity index is 627. The summed E-state index contributed by atoms with van der Waals surface area (Å²) in [7, 11) is 0. The minimum absolute atomic E-state index is 0.326. The second-order valence-electron chi connectivity index (χ2n) is 4.07. The first-order valence-electron chi connectivity index (χ1n) is 5.97. The highest BCUT2D eigenvalue weighted by Gasteiger charge is 2.06. The number of carbonyl (C=O) groups is 1. The number of hydrogen-bond acceptors (Lipinski definition) is 2. The molecular weight excluding hydrogens is 295 g/mol. The van der Waals surface area contributed by atoms with Crippen LogP contribution in [0.2, 0.25) is 10.0 Å². The van der Waals surface area contributed by atoms with Crippen LogP contribution in [0.3, 0.4) is 0 Å². The predicted octanol–water partition coefficient (Wildman–Crippen LogP) is 3.95. The summed E-state index contributed by atoms with van der Waals surface area (Å²) in [6.07, 6.45) is 2.30. The Labute approximate surface area is 127 Å². The van der Waals surface area contributed by atoms with E-state index >= 15 is 0 Å². The van der Waals surface area contributed by atoms with Gasteiger partial charge in [-0.15, -0.1) is 0 Å². The van der Waals surface area contributed by atoms with E-state index in [-0.39, 0.29) is 5.91 Å². The zero-order valence-electron chi connectivity index (χ0n) is 10.5. The van der Waals surface area contributed by atoms with E-state index in [1.807, 2.05) is 30.3 Å². The number of rotatable bonds is 4. The van der Waals surface area contributed by atoms with E-state index in [1.165, 1.54) is 6.07 Å². The van der Waals surface area contributed by atoms with Crippen LogP contribution in [-0.2, 0) is 6.42 Å². The molecular formula is C15H12Cl2N2O. The lowest BCUT2D eigenvalue weighted by molar-refractivity contribution is 0.0955. The molecule has 0 atom stereocenters. The summed E-state index contributed by atoms with van der Waals surface area (Å²) in [6, 6.07) is 14.5. The summed E-state index contributed by atoms with van der Waals surface area (Å²) in [5, 5.41) is 4.65. The highest BCUT2D eigenvalue weighted by molar-refractivity contribution is 6.42. The molecule has 1 amide bonds. The summed E-state index contributed by atoms with van der Waals surface area (Å²) >= 11 is 11.6. The molecule has 0 fully saturated rings. The molecule has 0 unspecified atom stereocenters. The molecule has 0 aliphatic carbocycles. The molecule has 20 heavy (non-hydrogen) atoms. The number of benzene rings is 2. The zero-order chi connectivity index (χ0) is 14.4. The molecule has 0 aromatic heterocycles. The summed E-state index contributed by atoms with van der Waals surface area (Å²) in [4.78, 5) is 11.8. The molecule has 0 aliphatic heterocycles. The Hall–Kier alpha value is -1.84. The van der Waals surface area contributed by atoms with Crippen molar-refractivity contribution in [2.24, 2.45) is 5.10 Å².